The second-order valence-corrected chi connectivity index (χ2v) is 3.89. The van der Waals surface area contributed by atoms with Gasteiger partial charge in [0.05, 0.1) is 6.10 Å². The summed E-state index contributed by atoms with van der Waals surface area (Å²) in [4.78, 5) is 0. The summed E-state index contributed by atoms with van der Waals surface area (Å²) < 4.78 is 0. The molecule has 0 aromatic rings. The first kappa shape index (κ1) is 12.5. The van der Waals surface area contributed by atoms with Gasteiger partial charge in [-0.05, 0) is 44.8 Å². The maximum atomic E-state index is 9.26. The molecule has 0 fully saturated rings. The molecule has 0 aliphatic heterocycles. The summed E-state index contributed by atoms with van der Waals surface area (Å²) in [5, 5.41) is 9.26. The molecule has 13 heavy (non-hydrogen) atoms. The van der Waals surface area contributed by atoms with Gasteiger partial charge in [-0.15, -0.1) is 5.73 Å². The third-order valence-electron chi connectivity index (χ3n) is 1.80. The van der Waals surface area contributed by atoms with E-state index < -0.39 is 0 Å². The summed E-state index contributed by atoms with van der Waals surface area (Å²) in [5.41, 5.74) is 5.78. The van der Waals surface area contributed by atoms with Crippen molar-refractivity contribution >= 4 is 0 Å². The van der Waals surface area contributed by atoms with Gasteiger partial charge in [0.25, 0.3) is 0 Å². The average Bonchev–Trinajstić information content (AvgIpc) is 1.98. The van der Waals surface area contributed by atoms with E-state index in [4.69, 9.17) is 0 Å². The molecule has 76 valence electrons. The van der Waals surface area contributed by atoms with Crippen LogP contribution in [0.3, 0.4) is 0 Å². The molecule has 0 heterocycles. The second-order valence-electron chi connectivity index (χ2n) is 3.89. The van der Waals surface area contributed by atoms with Gasteiger partial charge in [0.1, 0.15) is 0 Å². The summed E-state index contributed by atoms with van der Waals surface area (Å²) in [6.45, 7) is 8.11. The fourth-order valence-corrected chi connectivity index (χ4v) is 1.32. The van der Waals surface area contributed by atoms with Crippen molar-refractivity contribution in [2.24, 2.45) is 0 Å². The van der Waals surface area contributed by atoms with Crippen LogP contribution in [0.25, 0.3) is 0 Å². The molecular weight excluding hydrogens is 160 g/mol. The minimum Gasteiger partial charge on any atom is -0.393 e. The van der Waals surface area contributed by atoms with E-state index in [1.807, 2.05) is 20.8 Å². The molecule has 0 saturated carbocycles. The largest absolute Gasteiger partial charge is 0.393 e. The molecule has 1 heteroatoms. The smallest absolute Gasteiger partial charge is 0.0555 e. The second kappa shape index (κ2) is 6.94. The Morgan fingerprint density at radius 3 is 2.38 bits per heavy atom. The zero-order valence-electron chi connectivity index (χ0n) is 9.35. The number of rotatable bonds is 5. The van der Waals surface area contributed by atoms with Crippen molar-refractivity contribution in [1.82, 2.24) is 0 Å². The van der Waals surface area contributed by atoms with Gasteiger partial charge in [-0.25, -0.2) is 0 Å². The molecule has 0 rings (SSSR count). The summed E-state index contributed by atoms with van der Waals surface area (Å²) in [5.74, 6) is 0. The zero-order chi connectivity index (χ0) is 10.3. The Bertz CT molecular complexity index is 191. The van der Waals surface area contributed by atoms with Crippen molar-refractivity contribution in [2.45, 2.75) is 59.5 Å². The fourth-order valence-electron chi connectivity index (χ4n) is 1.32. The highest BCUT2D eigenvalue weighted by atomic mass is 16.3. The van der Waals surface area contributed by atoms with Crippen molar-refractivity contribution in [3.63, 3.8) is 0 Å². The minimum absolute atomic E-state index is 0.237. The monoisotopic (exact) mass is 182 g/mol. The van der Waals surface area contributed by atoms with E-state index in [-0.39, 0.29) is 6.10 Å². The molecule has 0 amide bonds. The van der Waals surface area contributed by atoms with E-state index in [1.165, 1.54) is 24.0 Å². The van der Waals surface area contributed by atoms with Crippen LogP contribution in [0.1, 0.15) is 53.4 Å². The van der Waals surface area contributed by atoms with E-state index >= 15 is 0 Å². The normalized spacial score (nSPS) is 12.1. The predicted octanol–water partition coefficient (Wildman–Crippen LogP) is 3.44. The van der Waals surface area contributed by atoms with Crippen LogP contribution in [-0.2, 0) is 0 Å². The Hall–Kier alpha value is -0.520. The van der Waals surface area contributed by atoms with Crippen molar-refractivity contribution in [3.8, 4) is 0 Å². The Balaban J connectivity index is 4.29. The maximum Gasteiger partial charge on any atom is 0.0555 e. The lowest BCUT2D eigenvalue weighted by molar-refractivity contribution is 0.194. The molecule has 0 bridgehead atoms. The van der Waals surface area contributed by atoms with E-state index in [0.717, 1.165) is 12.8 Å². The van der Waals surface area contributed by atoms with Crippen LogP contribution in [0.5, 0.6) is 0 Å². The standard InChI is InChI=1S/C12H22O/c1-5-6-7-12(8-10(2)3)9-11(4)13/h11,13H,5-7,9H2,1-4H3/t11-/m1/s1. The highest BCUT2D eigenvalue weighted by Crippen LogP contribution is 2.13. The Morgan fingerprint density at radius 1 is 1.38 bits per heavy atom. The third kappa shape index (κ3) is 7.83. The molecule has 1 N–H and O–H groups in total. The van der Waals surface area contributed by atoms with Crippen molar-refractivity contribution in [2.75, 3.05) is 0 Å². The summed E-state index contributed by atoms with van der Waals surface area (Å²) in [7, 11) is 0. The summed E-state index contributed by atoms with van der Waals surface area (Å²) in [6.07, 6.45) is 4.01. The molecule has 0 aliphatic carbocycles. The molecule has 1 nitrogen and oxygen atoms in total. The summed E-state index contributed by atoms with van der Waals surface area (Å²) >= 11 is 0. The van der Waals surface area contributed by atoms with Crippen LogP contribution in [0.4, 0.5) is 0 Å². The first-order valence-electron chi connectivity index (χ1n) is 5.16. The molecule has 0 unspecified atom stereocenters. The molecule has 0 aromatic heterocycles. The Morgan fingerprint density at radius 2 is 2.00 bits per heavy atom. The molecule has 1 atom stereocenters. The Kier molecular flexibility index (Phi) is 6.66. The zero-order valence-corrected chi connectivity index (χ0v) is 9.35. The highest BCUT2D eigenvalue weighted by Gasteiger charge is 2.01. The predicted molar refractivity (Wildman–Crippen MR) is 57.7 cm³/mol. The lowest BCUT2D eigenvalue weighted by Crippen LogP contribution is -2.01. The van der Waals surface area contributed by atoms with Crippen molar-refractivity contribution in [1.29, 1.82) is 0 Å². The maximum absolute atomic E-state index is 9.26. The van der Waals surface area contributed by atoms with E-state index in [1.54, 1.807) is 0 Å². The quantitative estimate of drug-likeness (QED) is 0.646. The Labute approximate surface area is 82.2 Å². The topological polar surface area (TPSA) is 20.2 Å². The van der Waals surface area contributed by atoms with Gasteiger partial charge < -0.3 is 5.11 Å². The SMILES string of the molecule is CCCCC(=C=C(C)C)C[C@@H](C)O. The highest BCUT2D eigenvalue weighted by molar-refractivity contribution is 5.07. The van der Waals surface area contributed by atoms with Crippen LogP contribution < -0.4 is 0 Å². The molecular formula is C12H22O. The first-order chi connectivity index (χ1) is 6.06. The molecule has 0 aliphatic rings. The van der Waals surface area contributed by atoms with Crippen molar-refractivity contribution in [3.05, 3.63) is 16.9 Å². The lowest BCUT2D eigenvalue weighted by atomic mass is 10.0. The molecule has 0 saturated heterocycles. The number of aliphatic hydroxyl groups excluding tert-OH is 1. The van der Waals surface area contributed by atoms with Crippen LogP contribution in [0.15, 0.2) is 16.9 Å². The summed E-state index contributed by atoms with van der Waals surface area (Å²) in [6, 6.07) is 0. The van der Waals surface area contributed by atoms with E-state index in [0.29, 0.717) is 0 Å². The van der Waals surface area contributed by atoms with Gasteiger partial charge in [0.15, 0.2) is 0 Å². The van der Waals surface area contributed by atoms with Crippen LogP contribution in [0, 0.1) is 0 Å². The van der Waals surface area contributed by atoms with Gasteiger partial charge >= 0.3 is 0 Å². The molecule has 0 radical (unpaired) electrons. The first-order valence-corrected chi connectivity index (χ1v) is 5.16. The molecule has 0 spiro atoms. The van der Waals surface area contributed by atoms with Gasteiger partial charge in [-0.3, -0.25) is 0 Å². The van der Waals surface area contributed by atoms with Gasteiger partial charge in [0, 0.05) is 6.42 Å². The lowest BCUT2D eigenvalue weighted by Gasteiger charge is -2.06. The van der Waals surface area contributed by atoms with E-state index in [9.17, 15) is 5.11 Å². The van der Waals surface area contributed by atoms with Crippen LogP contribution in [-0.4, -0.2) is 11.2 Å². The van der Waals surface area contributed by atoms with Crippen LogP contribution >= 0.6 is 0 Å². The van der Waals surface area contributed by atoms with Crippen LogP contribution in [0.2, 0.25) is 0 Å². The van der Waals surface area contributed by atoms with E-state index in [2.05, 4.69) is 12.7 Å². The number of hydrogen-bond acceptors (Lipinski definition) is 1. The fraction of sp³-hybridized carbons (Fsp3) is 0.750. The van der Waals surface area contributed by atoms with Gasteiger partial charge in [-0.2, -0.15) is 0 Å². The van der Waals surface area contributed by atoms with Gasteiger partial charge in [0.2, 0.25) is 0 Å². The number of hydrogen-bond donors (Lipinski definition) is 1. The van der Waals surface area contributed by atoms with Gasteiger partial charge in [-0.1, -0.05) is 13.3 Å². The minimum atomic E-state index is -0.237. The third-order valence-corrected chi connectivity index (χ3v) is 1.80. The number of aliphatic hydroxyl groups is 1. The van der Waals surface area contributed by atoms with Crippen molar-refractivity contribution < 1.29 is 5.11 Å². The average molecular weight is 182 g/mol. The number of unbranched alkanes of at least 4 members (excludes halogenated alkanes) is 1. The molecule has 0 aromatic carbocycles.